The minimum absolute atomic E-state index is 0.104. The lowest BCUT2D eigenvalue weighted by molar-refractivity contribution is -0.152. The van der Waals surface area contributed by atoms with Crippen LogP contribution in [0.1, 0.15) is 90.5 Å². The van der Waals surface area contributed by atoms with Crippen molar-refractivity contribution in [3.8, 4) is 0 Å². The highest BCUT2D eigenvalue weighted by Gasteiger charge is 2.50. The number of fused-ring (bicyclic) bond motifs is 2. The monoisotopic (exact) mass is 1140 g/mol. The summed E-state index contributed by atoms with van der Waals surface area (Å²) in [5.74, 6) is 0.201. The number of nitrogens with one attached hydrogen (secondary N) is 2. The molecule has 4 aromatic rings. The quantitative estimate of drug-likeness (QED) is 0.0437. The van der Waals surface area contributed by atoms with Gasteiger partial charge >= 0.3 is 21.5 Å². The molecular formula is C45H68F2N14O15P2. The van der Waals surface area contributed by atoms with Gasteiger partial charge < -0.3 is 64.7 Å². The fourth-order valence-electron chi connectivity index (χ4n) is 9.83. The largest absolute Gasteiger partial charge is 0.469 e. The van der Waals surface area contributed by atoms with Crippen LogP contribution < -0.4 is 16.4 Å². The lowest BCUT2D eigenvalue weighted by Crippen LogP contribution is -2.51. The van der Waals surface area contributed by atoms with E-state index in [1.165, 1.54) is 110 Å². The lowest BCUT2D eigenvalue weighted by atomic mass is 9.95. The van der Waals surface area contributed by atoms with Gasteiger partial charge in [0.2, 0.25) is 5.91 Å². The van der Waals surface area contributed by atoms with Gasteiger partial charge in [-0.1, -0.05) is 38.5 Å². The number of aromatic nitrogens is 8. The summed E-state index contributed by atoms with van der Waals surface area (Å²) in [6.07, 6.45) is 6.35. The number of alkyl halides is 2. The van der Waals surface area contributed by atoms with Gasteiger partial charge in [0.25, 0.3) is 0 Å². The van der Waals surface area contributed by atoms with Crippen LogP contribution in [-0.2, 0) is 51.5 Å². The number of amides is 1. The van der Waals surface area contributed by atoms with Crippen molar-refractivity contribution in [1.29, 1.82) is 0 Å². The van der Waals surface area contributed by atoms with Gasteiger partial charge in [-0.2, -0.15) is 0 Å². The number of nitrogens with two attached hydrogens (primary N) is 1. The number of aliphatic hydroxyl groups is 1. The molecule has 1 amide bonds. The number of aliphatic hydroxyl groups excluding tert-OH is 1. The van der Waals surface area contributed by atoms with Gasteiger partial charge in [-0.25, -0.2) is 57.5 Å². The van der Waals surface area contributed by atoms with E-state index >= 15 is 4.39 Å². The molecule has 29 nitrogen and oxygen atoms in total. The van der Waals surface area contributed by atoms with E-state index in [-0.39, 0.29) is 47.1 Å². The van der Waals surface area contributed by atoms with E-state index in [1.54, 1.807) is 0 Å². The molecule has 3 unspecified atom stereocenters. The van der Waals surface area contributed by atoms with E-state index in [4.69, 9.17) is 48.7 Å². The zero-order valence-electron chi connectivity index (χ0n) is 43.2. The normalized spacial score (nSPS) is 27.6. The number of imidazole rings is 2. The topological polar surface area (TPSA) is 370 Å². The Morgan fingerprint density at radius 2 is 1.32 bits per heavy atom. The summed E-state index contributed by atoms with van der Waals surface area (Å²) < 4.78 is 92.9. The SMILES string of the molecule is C1CCC(N=C(NC2CCCCC2)N2CCOCC2)CC1.CC(=O)Nc1ncnc2c1ncn2[C@@H]1O[C@H](COP(=O)(O)O)C(OC(C)=O)[C@@H]1F.Nc1ncnc2c1ncn2[C@@H]1O[C@H](COP(=O)(O)N2CCOCC2)C(O)[C@@H]1F. The van der Waals surface area contributed by atoms with Gasteiger partial charge in [-0.05, 0) is 25.7 Å². The van der Waals surface area contributed by atoms with Crippen LogP contribution in [-0.4, -0.2) is 201 Å². The zero-order valence-corrected chi connectivity index (χ0v) is 44.9. The Morgan fingerprint density at radius 1 is 0.756 bits per heavy atom. The van der Waals surface area contributed by atoms with E-state index in [1.807, 2.05) is 0 Å². The first-order valence-corrected chi connectivity index (χ1v) is 28.9. The summed E-state index contributed by atoms with van der Waals surface area (Å²) in [6.45, 7) is 5.90. The molecule has 8 heterocycles. The highest BCUT2D eigenvalue weighted by Crippen LogP contribution is 2.48. The number of carbonyl (C=O) groups excluding carboxylic acids is 2. The van der Waals surface area contributed by atoms with Crippen molar-refractivity contribution in [3.63, 3.8) is 0 Å². The molecule has 4 saturated heterocycles. The number of nitrogens with zero attached hydrogens (tertiary/aromatic N) is 11. The Labute approximate surface area is 446 Å². The molecule has 2 saturated carbocycles. The number of phosphoric acid groups is 1. The van der Waals surface area contributed by atoms with Gasteiger partial charge in [0.1, 0.15) is 36.5 Å². The smallest absolute Gasteiger partial charge is 0.456 e. The number of morpholine rings is 2. The zero-order chi connectivity index (χ0) is 55.6. The molecule has 6 fully saturated rings. The second-order valence-corrected chi connectivity index (χ2v) is 22.4. The summed E-state index contributed by atoms with van der Waals surface area (Å²) in [7, 11) is -8.97. The number of anilines is 2. The van der Waals surface area contributed by atoms with E-state index in [2.05, 4.69) is 50.0 Å². The fourth-order valence-corrected chi connectivity index (χ4v) is 11.3. The number of guanidine groups is 1. The van der Waals surface area contributed by atoms with Gasteiger partial charge in [-0.15, -0.1) is 0 Å². The van der Waals surface area contributed by atoms with Gasteiger partial charge in [0, 0.05) is 46.1 Å². The maximum Gasteiger partial charge on any atom is 0.469 e. The minimum Gasteiger partial charge on any atom is -0.456 e. The molecule has 9 atom stereocenters. The van der Waals surface area contributed by atoms with E-state index in [0.717, 1.165) is 39.6 Å². The first-order chi connectivity index (χ1) is 37.4. The third-order valence-corrected chi connectivity index (χ3v) is 15.8. The molecule has 33 heteroatoms. The predicted octanol–water partition coefficient (Wildman–Crippen LogP) is 2.44. The maximum atomic E-state index is 15.1. The Morgan fingerprint density at radius 3 is 1.95 bits per heavy atom. The molecule has 0 spiro atoms. The Kier molecular flexibility index (Phi) is 20.4. The molecule has 10 rings (SSSR count). The molecule has 6 aliphatic rings. The van der Waals surface area contributed by atoms with Crippen LogP contribution in [0.4, 0.5) is 20.4 Å². The molecule has 0 aromatic carbocycles. The number of carbonyl (C=O) groups is 2. The number of hydrogen-bond acceptors (Lipinski definition) is 20. The second kappa shape index (κ2) is 27.0. The number of esters is 1. The van der Waals surface area contributed by atoms with Crippen molar-refractivity contribution in [1.82, 2.24) is 53.9 Å². The number of hydrogen-bond donors (Lipinski definition) is 7. The van der Waals surface area contributed by atoms with Crippen molar-refractivity contribution in [2.75, 3.05) is 76.9 Å². The number of aliphatic imine (C=N–C) groups is 1. The van der Waals surface area contributed by atoms with Crippen molar-refractivity contribution in [2.45, 2.75) is 139 Å². The van der Waals surface area contributed by atoms with E-state index in [9.17, 15) is 33.1 Å². The molecule has 4 aliphatic heterocycles. The first kappa shape index (κ1) is 59.1. The van der Waals surface area contributed by atoms with Crippen molar-refractivity contribution in [2.24, 2.45) is 4.99 Å². The van der Waals surface area contributed by atoms with Crippen LogP contribution in [0.5, 0.6) is 0 Å². The average Bonchev–Trinajstić information content (AvgIpc) is 4.24. The summed E-state index contributed by atoms with van der Waals surface area (Å²) in [4.78, 5) is 81.9. The molecule has 2 aliphatic carbocycles. The Hall–Kier alpha value is -5.01. The third kappa shape index (κ3) is 15.3. The summed E-state index contributed by atoms with van der Waals surface area (Å²) >= 11 is 0. The fraction of sp³-hybridized carbons (Fsp3) is 0.711. The summed E-state index contributed by atoms with van der Waals surface area (Å²) in [5, 5.41) is 16.4. The Balaban J connectivity index is 0.000000156. The highest BCUT2D eigenvalue weighted by molar-refractivity contribution is 7.50. The van der Waals surface area contributed by atoms with Crippen LogP contribution in [0.15, 0.2) is 30.3 Å². The van der Waals surface area contributed by atoms with E-state index in [0.29, 0.717) is 25.3 Å². The minimum atomic E-state index is -4.86. The molecule has 0 bridgehead atoms. The van der Waals surface area contributed by atoms with Gasteiger partial charge in [0.15, 0.2) is 65.3 Å². The summed E-state index contributed by atoms with van der Waals surface area (Å²) in [5.41, 5.74) is 6.53. The second-order valence-electron chi connectivity index (χ2n) is 19.4. The number of halogens is 2. The highest BCUT2D eigenvalue weighted by atomic mass is 31.2. The van der Waals surface area contributed by atoms with Gasteiger partial charge in [0.05, 0.1) is 58.3 Å². The number of nitrogen functional groups attached to an aromatic ring is 1. The average molecular weight is 1150 g/mol. The standard InChI is InChI=1S/C17H31N3O.C14H20FN6O6P.C14H17FN5O8P/c1-3-7-15(8-4-1)18-17(20-11-13-21-14-12-20)19-16-9-5-2-6-10-16;15-9-11(22)8(5-26-28(23,24)20-1-3-25-4-2-20)27-14(9)21-7-19-10-12(16)17-6-18-13(10)21;1-6(21)19-12-10-13(17-4-16-12)20(5-18-10)14-9(15)11(27-7(2)22)8(28-14)3-26-29(23,24)25/h15-16H,1-14H2,(H,18,19);6-9,11,14,22H,1-5H2,(H,23,24)(H2,16,17,18);4-5,8-9,11,14H,3H2,1-2H3,(H2,23,24,25)(H,16,17,19,21)/t;2*8-,9+,11?,14-/m.11/s1. The van der Waals surface area contributed by atoms with Crippen molar-refractivity contribution >= 4 is 67.4 Å². The number of ether oxygens (including phenoxy) is 5. The molecular weight excluding hydrogens is 1080 g/mol. The van der Waals surface area contributed by atoms with Crippen LogP contribution >= 0.6 is 15.6 Å². The lowest BCUT2D eigenvalue weighted by Gasteiger charge is -2.34. The van der Waals surface area contributed by atoms with Crippen molar-refractivity contribution in [3.05, 3.63) is 25.3 Å². The molecule has 432 valence electrons. The molecule has 4 aromatic heterocycles. The van der Waals surface area contributed by atoms with Crippen LogP contribution in [0, 0.1) is 0 Å². The number of phosphoric ester groups is 1. The molecule has 0 radical (unpaired) electrons. The Bertz CT molecular complexity index is 2760. The van der Waals surface area contributed by atoms with Crippen LogP contribution in [0.3, 0.4) is 0 Å². The maximum absolute atomic E-state index is 15.1. The van der Waals surface area contributed by atoms with Crippen LogP contribution in [0.25, 0.3) is 22.3 Å². The van der Waals surface area contributed by atoms with Crippen LogP contribution in [0.2, 0.25) is 0 Å². The van der Waals surface area contributed by atoms with Crippen molar-refractivity contribution < 1.29 is 80.0 Å². The number of rotatable bonds is 13. The third-order valence-electron chi connectivity index (χ3n) is 13.7. The summed E-state index contributed by atoms with van der Waals surface area (Å²) in [6, 6.07) is 1.19. The predicted molar refractivity (Wildman–Crippen MR) is 271 cm³/mol. The molecule has 8 N–H and O–H groups in total. The first-order valence-electron chi connectivity index (χ1n) is 25.9. The van der Waals surface area contributed by atoms with Gasteiger partial charge in [-0.3, -0.25) is 27.8 Å². The van der Waals surface area contributed by atoms with E-state index < -0.39 is 89.9 Å². The molecule has 78 heavy (non-hydrogen) atoms.